The molecule has 380 valence electrons. The highest BCUT2D eigenvalue weighted by Crippen LogP contribution is 2.33. The van der Waals surface area contributed by atoms with Gasteiger partial charge >= 0.3 is 0 Å². The molecule has 2 aromatic heterocycles. The Hall–Kier alpha value is -6.39. The highest BCUT2D eigenvalue weighted by molar-refractivity contribution is 7.13. The molecule has 1 saturated heterocycles. The summed E-state index contributed by atoms with van der Waals surface area (Å²) < 4.78 is 6.20. The van der Waals surface area contributed by atoms with Crippen LogP contribution in [0.25, 0.3) is 21.7 Å². The molecule has 3 heterocycles. The summed E-state index contributed by atoms with van der Waals surface area (Å²) in [5, 5.41) is 35.2. The zero-order valence-corrected chi connectivity index (χ0v) is 42.9. The number of phenolic OH excluding ortho intramolecular Hbond substituents is 1. The fraction of sp³-hybridized carbons (Fsp3) is 0.473. The Kier molecular flexibility index (Phi) is 19.5. The van der Waals surface area contributed by atoms with E-state index in [0.29, 0.717) is 36.4 Å². The van der Waals surface area contributed by atoms with E-state index in [9.17, 15) is 29.4 Å². The van der Waals surface area contributed by atoms with Crippen LogP contribution in [0.5, 0.6) is 11.5 Å². The van der Waals surface area contributed by atoms with Crippen LogP contribution >= 0.6 is 11.3 Å². The van der Waals surface area contributed by atoms with Crippen molar-refractivity contribution in [2.45, 2.75) is 135 Å². The largest absolute Gasteiger partial charge is 0.507 e. The molecule has 0 radical (unpaired) electrons. The number of benzene rings is 3. The average Bonchev–Trinajstić information content (AvgIpc) is 3.97. The van der Waals surface area contributed by atoms with Crippen molar-refractivity contribution in [1.29, 1.82) is 0 Å². The number of ether oxygens (including phenoxy) is 1. The van der Waals surface area contributed by atoms with Crippen LogP contribution in [0.1, 0.15) is 127 Å². The van der Waals surface area contributed by atoms with Gasteiger partial charge in [0.05, 0.1) is 34.8 Å². The summed E-state index contributed by atoms with van der Waals surface area (Å²) in [5.41, 5.74) is 12.2. The molecule has 1 aliphatic rings. The molecule has 6 N–H and O–H groups in total. The summed E-state index contributed by atoms with van der Waals surface area (Å²) in [4.78, 5) is 63.0. The Morgan fingerprint density at radius 2 is 1.52 bits per heavy atom. The third-order valence-electron chi connectivity index (χ3n) is 13.2. The van der Waals surface area contributed by atoms with Crippen LogP contribution in [0, 0.1) is 12.3 Å². The Labute approximate surface area is 422 Å². The number of thiazole rings is 1. The van der Waals surface area contributed by atoms with Gasteiger partial charge in [0.1, 0.15) is 23.5 Å². The number of amides is 4. The van der Waals surface area contributed by atoms with E-state index < -0.39 is 23.6 Å². The van der Waals surface area contributed by atoms with E-state index in [1.54, 1.807) is 46.6 Å². The number of aliphatic hydroxyl groups excluding tert-OH is 1. The molecule has 1 fully saturated rings. The first kappa shape index (κ1) is 54.0. The first-order valence-electron chi connectivity index (χ1n) is 24.9. The highest BCUT2D eigenvalue weighted by atomic mass is 32.1. The third kappa shape index (κ3) is 15.3. The second-order valence-electron chi connectivity index (χ2n) is 19.9. The van der Waals surface area contributed by atoms with Gasteiger partial charge in [-0.15, -0.1) is 21.5 Å². The average molecular weight is 989 g/mol. The van der Waals surface area contributed by atoms with Gasteiger partial charge < -0.3 is 41.1 Å². The number of hydrogen-bond donors (Lipinski definition) is 5. The summed E-state index contributed by atoms with van der Waals surface area (Å²) in [6.45, 7) is 10.3. The predicted molar refractivity (Wildman–Crippen MR) is 278 cm³/mol. The maximum atomic E-state index is 14.1. The summed E-state index contributed by atoms with van der Waals surface area (Å²) in [6, 6.07) is 24.3. The number of hydrogen-bond acceptors (Lipinski definition) is 12. The number of carbonyl (C=O) groups excluding carboxylic acids is 4. The fourth-order valence-corrected chi connectivity index (χ4v) is 9.80. The number of para-hydroxylation sites is 1. The first-order chi connectivity index (χ1) is 34.0. The molecule has 0 spiro atoms. The molecule has 71 heavy (non-hydrogen) atoms. The number of nitrogen functional groups attached to an aromatic ring is 1. The summed E-state index contributed by atoms with van der Waals surface area (Å²) >= 11 is 1.58. The lowest BCUT2D eigenvalue weighted by molar-refractivity contribution is -0.144. The maximum absolute atomic E-state index is 14.1. The van der Waals surface area contributed by atoms with Gasteiger partial charge in [-0.25, -0.2) is 4.98 Å². The molecule has 15 nitrogen and oxygen atoms in total. The quantitative estimate of drug-likeness (QED) is 0.0369. The molecule has 6 rings (SSSR count). The Morgan fingerprint density at radius 1 is 0.873 bits per heavy atom. The van der Waals surface area contributed by atoms with Crippen molar-refractivity contribution in [3.63, 3.8) is 0 Å². The van der Waals surface area contributed by atoms with Gasteiger partial charge in [-0.3, -0.25) is 19.2 Å². The van der Waals surface area contributed by atoms with Crippen LogP contribution in [0.15, 0.2) is 90.4 Å². The van der Waals surface area contributed by atoms with Crippen LogP contribution in [-0.2, 0) is 19.2 Å². The summed E-state index contributed by atoms with van der Waals surface area (Å²) in [7, 11) is 1.82. The highest BCUT2D eigenvalue weighted by Gasteiger charge is 2.44. The topological polar surface area (TPSA) is 213 Å². The van der Waals surface area contributed by atoms with E-state index in [4.69, 9.17) is 10.5 Å². The number of β-amino-alcohol motifs (C(OH)–C–C–N with tert-alkyl or cyclic N) is 1. The van der Waals surface area contributed by atoms with Crippen molar-refractivity contribution < 1.29 is 34.1 Å². The number of anilines is 1. The number of aryl methyl sites for hydroxylation is 1. The van der Waals surface area contributed by atoms with Crippen LogP contribution < -0.4 is 21.1 Å². The number of likely N-dealkylation sites (tertiary alicyclic amines) is 1. The lowest BCUT2D eigenvalue weighted by Crippen LogP contribution is -2.57. The molecule has 0 aliphatic carbocycles. The van der Waals surface area contributed by atoms with E-state index in [1.165, 1.54) is 4.90 Å². The number of carbonyl (C=O) groups is 4. The van der Waals surface area contributed by atoms with Crippen LogP contribution in [0.3, 0.4) is 0 Å². The van der Waals surface area contributed by atoms with Crippen molar-refractivity contribution in [3.8, 4) is 33.2 Å². The van der Waals surface area contributed by atoms with E-state index in [-0.39, 0.29) is 73.1 Å². The van der Waals surface area contributed by atoms with Crippen molar-refractivity contribution in [2.24, 2.45) is 5.41 Å². The van der Waals surface area contributed by atoms with Crippen molar-refractivity contribution in [1.82, 2.24) is 35.6 Å². The van der Waals surface area contributed by atoms with Crippen molar-refractivity contribution >= 4 is 40.8 Å². The Morgan fingerprint density at radius 3 is 2.17 bits per heavy atom. The van der Waals surface area contributed by atoms with Crippen LogP contribution in [0.4, 0.5) is 5.82 Å². The minimum absolute atomic E-state index is 0.0176. The maximum Gasteiger partial charge on any atom is 0.246 e. The number of phenols is 1. The van der Waals surface area contributed by atoms with Gasteiger partial charge in [-0.2, -0.15) is 0 Å². The minimum atomic E-state index is -0.872. The molecule has 16 heteroatoms. The van der Waals surface area contributed by atoms with E-state index >= 15 is 0 Å². The second-order valence-corrected chi connectivity index (χ2v) is 20.8. The number of nitrogens with zero attached hydrogens (tertiary/aromatic N) is 5. The van der Waals surface area contributed by atoms with E-state index in [2.05, 4.69) is 25.8 Å². The molecule has 0 bridgehead atoms. The number of likely N-dealkylation sites (N-methyl/N-ethyl adjacent to an activating group) is 1. The van der Waals surface area contributed by atoms with Gasteiger partial charge in [-0.1, -0.05) is 126 Å². The smallest absolute Gasteiger partial charge is 0.246 e. The van der Waals surface area contributed by atoms with Gasteiger partial charge in [0, 0.05) is 56.9 Å². The van der Waals surface area contributed by atoms with Gasteiger partial charge in [0.2, 0.25) is 23.6 Å². The number of nitrogens with two attached hydrogens (primary N) is 1. The normalized spacial score (nSPS) is 16.0. The molecule has 1 aliphatic heterocycles. The Bertz CT molecular complexity index is 2530. The van der Waals surface area contributed by atoms with Gasteiger partial charge in [0.25, 0.3) is 0 Å². The number of unbranched alkanes of at least 4 members (excludes halogenated alkanes) is 7. The molecule has 1 unspecified atom stereocenters. The standard InChI is InChI=1S/C55H72N8O7S/c1-36(38-26-28-40(29-27-38)50-37(2)57-35-71-50)58-53(68)45-30-42(64)33-63(45)54(69)51(55(3,4)5)59-48(66)24-16-11-9-7-8-10-12-17-25-49(67)62(6)32-41(39-20-14-13-15-21-39)34-70-47-31-44(60-61-52(47)56)43-22-18-19-23-46(43)65/h13-15,18-23,26-29,31,35-36,41-42,45,51,64-65H,7-12,16-17,24-25,30,32-34H2,1-6H3,(H2,56,61)(H,58,68)(H,59,66)/t36-,41?,42+,45-,51+/m0/s1. The number of aliphatic hydroxyl groups is 1. The molecular formula is C55H72N8O7S. The lowest BCUT2D eigenvalue weighted by atomic mass is 9.85. The lowest BCUT2D eigenvalue weighted by Gasteiger charge is -2.35. The van der Waals surface area contributed by atoms with Crippen LogP contribution in [-0.4, -0.2) is 104 Å². The first-order valence-corrected chi connectivity index (χ1v) is 25.8. The number of rotatable bonds is 24. The zero-order chi connectivity index (χ0) is 51.1. The molecule has 3 aromatic carbocycles. The van der Waals surface area contributed by atoms with E-state index in [1.807, 2.05) is 102 Å². The zero-order valence-electron chi connectivity index (χ0n) is 42.1. The molecule has 5 aromatic rings. The predicted octanol–water partition coefficient (Wildman–Crippen LogP) is 8.76. The summed E-state index contributed by atoms with van der Waals surface area (Å²) in [6.07, 6.45) is 7.38. The SMILES string of the molecule is Cc1ncsc1-c1ccc([C@H](C)NC(=O)[C@@H]2C[C@@H](O)CN2C(=O)[C@@H](NC(=O)CCCCCCCCCCC(=O)N(C)CC(COc2cc(-c3ccccc3O)nnc2N)c2ccccc2)C(C)(C)C)cc1. The van der Waals surface area contributed by atoms with Gasteiger partial charge in [0.15, 0.2) is 11.6 Å². The number of aromatic hydroxyl groups is 1. The molecule has 5 atom stereocenters. The molecule has 0 saturated carbocycles. The van der Waals surface area contributed by atoms with Crippen LogP contribution in [0.2, 0.25) is 0 Å². The molecule has 4 amide bonds. The fourth-order valence-electron chi connectivity index (χ4n) is 8.99. The summed E-state index contributed by atoms with van der Waals surface area (Å²) in [5.74, 6) is -0.436. The van der Waals surface area contributed by atoms with Crippen molar-refractivity contribution in [3.05, 3.63) is 107 Å². The van der Waals surface area contributed by atoms with Crippen molar-refractivity contribution in [2.75, 3.05) is 32.5 Å². The third-order valence-corrected chi connectivity index (χ3v) is 14.2. The van der Waals surface area contributed by atoms with E-state index in [0.717, 1.165) is 72.2 Å². The number of nitrogens with one attached hydrogen (secondary N) is 2. The number of aromatic nitrogens is 3. The second kappa shape index (κ2) is 25.6. The Balaban J connectivity index is 0.875. The molecular weight excluding hydrogens is 917 g/mol. The van der Waals surface area contributed by atoms with Gasteiger partial charge in [-0.05, 0) is 60.9 Å². The minimum Gasteiger partial charge on any atom is -0.507 e. The monoisotopic (exact) mass is 989 g/mol.